The minimum absolute atomic E-state index is 0.534. The monoisotopic (exact) mass is 478 g/mol. The summed E-state index contributed by atoms with van der Waals surface area (Å²) in [6, 6.07) is 24.7. The molecule has 0 fully saturated rings. The summed E-state index contributed by atoms with van der Waals surface area (Å²) >= 11 is 0. The van der Waals surface area contributed by atoms with Crippen LogP contribution < -0.4 is 4.74 Å². The molecule has 0 aliphatic carbocycles. The van der Waals surface area contributed by atoms with Crippen LogP contribution in [0.1, 0.15) is 58.6 Å². The maximum atomic E-state index is 5.31. The van der Waals surface area contributed by atoms with Crippen LogP contribution in [0.3, 0.4) is 0 Å². The molecule has 35 heavy (non-hydrogen) atoms. The summed E-state index contributed by atoms with van der Waals surface area (Å²) in [4.78, 5) is 4.63. The number of rotatable bonds is 10. The third kappa shape index (κ3) is 10.8. The highest BCUT2D eigenvalue weighted by atomic mass is 16.5. The van der Waals surface area contributed by atoms with Crippen molar-refractivity contribution in [1.82, 2.24) is 9.80 Å². The first-order chi connectivity index (χ1) is 16.8. The fourth-order valence-electron chi connectivity index (χ4n) is 3.82. The molecule has 0 bridgehead atoms. The number of para-hydroxylation sites is 1. The molecule has 194 valence electrons. The van der Waals surface area contributed by atoms with Crippen molar-refractivity contribution >= 4 is 10.8 Å². The molecule has 0 N–H and O–H groups in total. The smallest absolute Gasteiger partial charge is 0.122 e. The number of unbranched alkanes of at least 4 members (excludes halogenated alkanes) is 1. The summed E-state index contributed by atoms with van der Waals surface area (Å²) in [5, 5.41) is 2.78. The van der Waals surface area contributed by atoms with E-state index in [1.165, 1.54) is 47.7 Å². The minimum Gasteiger partial charge on any atom is -0.496 e. The Kier molecular flexibility index (Phi) is 15.0. The molecule has 0 aromatic heterocycles. The number of likely N-dealkylation sites (N-methyl/N-ethyl adjacent to an activating group) is 1. The van der Waals surface area contributed by atoms with Crippen LogP contribution in [-0.4, -0.2) is 56.7 Å². The predicted octanol–water partition coefficient (Wildman–Crippen LogP) is 7.72. The maximum Gasteiger partial charge on any atom is 0.122 e. The standard InChI is InChI=1S/C18H25N.C12H19NO.C2H6/c1-15(2)19(3)14-7-6-10-17-12-8-11-16-9-4-5-13-18(16)17;1-10(13(2)3)9-11-7-5-6-8-12(11)14-4;1-2/h4-5,8-9,11-13,15H,6-7,10,14H2,1-3H3;5-8,10H,9H2,1-4H3;1-2H3. The molecule has 1 unspecified atom stereocenters. The first-order valence-electron chi connectivity index (χ1n) is 13.3. The number of nitrogens with zero attached hydrogens (tertiary/aromatic N) is 2. The van der Waals surface area contributed by atoms with E-state index in [0.717, 1.165) is 12.2 Å². The third-order valence-corrected chi connectivity index (χ3v) is 6.56. The van der Waals surface area contributed by atoms with E-state index in [1.54, 1.807) is 7.11 Å². The van der Waals surface area contributed by atoms with Gasteiger partial charge in [0.2, 0.25) is 0 Å². The Hall–Kier alpha value is -2.36. The molecular formula is C32H50N2O. The largest absolute Gasteiger partial charge is 0.496 e. The van der Waals surface area contributed by atoms with Crippen molar-refractivity contribution < 1.29 is 4.74 Å². The number of ether oxygens (including phenoxy) is 1. The Balaban J connectivity index is 0.000000341. The van der Waals surface area contributed by atoms with Crippen LogP contribution in [0.15, 0.2) is 66.7 Å². The number of benzene rings is 3. The summed E-state index contributed by atoms with van der Waals surface area (Å²) in [6.45, 7) is 11.9. The van der Waals surface area contributed by atoms with Gasteiger partial charge < -0.3 is 14.5 Å². The number of aryl methyl sites for hydroxylation is 1. The molecule has 1 atom stereocenters. The second-order valence-electron chi connectivity index (χ2n) is 9.50. The fraction of sp³-hybridized carbons (Fsp3) is 0.500. The SMILES string of the molecule is CC.CC(C)N(C)CCCCc1cccc2ccccc12.COc1ccccc1CC(C)N(C)C. The summed E-state index contributed by atoms with van der Waals surface area (Å²) < 4.78 is 5.31. The van der Waals surface area contributed by atoms with Gasteiger partial charge in [-0.2, -0.15) is 0 Å². The zero-order chi connectivity index (χ0) is 26.2. The third-order valence-electron chi connectivity index (χ3n) is 6.56. The van der Waals surface area contributed by atoms with Gasteiger partial charge in [-0.3, -0.25) is 0 Å². The highest BCUT2D eigenvalue weighted by Gasteiger charge is 2.09. The highest BCUT2D eigenvalue weighted by Crippen LogP contribution is 2.21. The van der Waals surface area contributed by atoms with E-state index in [-0.39, 0.29) is 0 Å². The quantitative estimate of drug-likeness (QED) is 0.277. The van der Waals surface area contributed by atoms with Gasteiger partial charge in [-0.15, -0.1) is 0 Å². The molecule has 0 aliphatic heterocycles. The Morgan fingerprint density at radius 3 is 2.00 bits per heavy atom. The zero-order valence-electron chi connectivity index (χ0n) is 23.8. The molecular weight excluding hydrogens is 428 g/mol. The first-order valence-corrected chi connectivity index (χ1v) is 13.3. The van der Waals surface area contributed by atoms with Crippen LogP contribution in [0.5, 0.6) is 5.75 Å². The van der Waals surface area contributed by atoms with Crippen molar-refractivity contribution in [3.63, 3.8) is 0 Å². The van der Waals surface area contributed by atoms with Gasteiger partial charge in [0.25, 0.3) is 0 Å². The highest BCUT2D eigenvalue weighted by molar-refractivity contribution is 5.85. The van der Waals surface area contributed by atoms with E-state index in [2.05, 4.69) is 106 Å². The molecule has 3 nitrogen and oxygen atoms in total. The molecule has 0 saturated carbocycles. The van der Waals surface area contributed by atoms with Crippen molar-refractivity contribution in [2.45, 2.75) is 72.4 Å². The fourth-order valence-corrected chi connectivity index (χ4v) is 3.82. The molecule has 0 heterocycles. The van der Waals surface area contributed by atoms with Gasteiger partial charge >= 0.3 is 0 Å². The number of hydrogen-bond acceptors (Lipinski definition) is 3. The molecule has 0 amide bonds. The average molecular weight is 479 g/mol. The number of hydrogen-bond donors (Lipinski definition) is 0. The number of fused-ring (bicyclic) bond motifs is 1. The molecule has 3 rings (SSSR count). The lowest BCUT2D eigenvalue weighted by Crippen LogP contribution is -2.27. The molecule has 3 heteroatoms. The van der Waals surface area contributed by atoms with Crippen molar-refractivity contribution in [1.29, 1.82) is 0 Å². The van der Waals surface area contributed by atoms with E-state index < -0.39 is 0 Å². The summed E-state index contributed by atoms with van der Waals surface area (Å²) in [5.74, 6) is 0.987. The van der Waals surface area contributed by atoms with Crippen LogP contribution in [0, 0.1) is 0 Å². The Bertz CT molecular complexity index is 946. The van der Waals surface area contributed by atoms with Gasteiger partial charge in [0.15, 0.2) is 0 Å². The van der Waals surface area contributed by atoms with Gasteiger partial charge in [0, 0.05) is 12.1 Å². The van der Waals surface area contributed by atoms with Gasteiger partial charge in [-0.25, -0.2) is 0 Å². The second-order valence-corrected chi connectivity index (χ2v) is 9.50. The van der Waals surface area contributed by atoms with Crippen molar-refractivity contribution in [3.05, 3.63) is 77.9 Å². The van der Waals surface area contributed by atoms with Crippen molar-refractivity contribution in [2.75, 3.05) is 34.8 Å². The van der Waals surface area contributed by atoms with Crippen molar-refractivity contribution in [3.8, 4) is 5.75 Å². The van der Waals surface area contributed by atoms with Gasteiger partial charge in [0.05, 0.1) is 7.11 Å². The van der Waals surface area contributed by atoms with Crippen molar-refractivity contribution in [2.24, 2.45) is 0 Å². The van der Waals surface area contributed by atoms with E-state index >= 15 is 0 Å². The normalized spacial score (nSPS) is 11.7. The average Bonchev–Trinajstić information content (AvgIpc) is 2.88. The number of methoxy groups -OCH3 is 1. The Morgan fingerprint density at radius 1 is 0.743 bits per heavy atom. The van der Waals surface area contributed by atoms with E-state index in [9.17, 15) is 0 Å². The Labute approximate surface area is 216 Å². The van der Waals surface area contributed by atoms with Gasteiger partial charge in [-0.05, 0) is 102 Å². The second kappa shape index (κ2) is 17.1. The molecule has 0 radical (unpaired) electrons. The van der Waals surface area contributed by atoms with Crippen LogP contribution in [0.25, 0.3) is 10.8 Å². The first kappa shape index (κ1) is 30.7. The lowest BCUT2D eigenvalue weighted by Gasteiger charge is -2.20. The predicted molar refractivity (Wildman–Crippen MR) is 156 cm³/mol. The molecule has 3 aromatic carbocycles. The topological polar surface area (TPSA) is 15.7 Å². The van der Waals surface area contributed by atoms with Crippen LogP contribution in [0.4, 0.5) is 0 Å². The van der Waals surface area contributed by atoms with Gasteiger partial charge in [-0.1, -0.05) is 74.5 Å². The minimum atomic E-state index is 0.534. The molecule has 0 aliphatic rings. The molecule has 0 saturated heterocycles. The van der Waals surface area contributed by atoms with E-state index in [1.807, 2.05) is 26.0 Å². The lowest BCUT2D eigenvalue weighted by atomic mass is 10.0. The van der Waals surface area contributed by atoms with E-state index in [0.29, 0.717) is 12.1 Å². The Morgan fingerprint density at radius 2 is 1.34 bits per heavy atom. The molecule has 3 aromatic rings. The van der Waals surface area contributed by atoms with Gasteiger partial charge in [0.1, 0.15) is 5.75 Å². The summed E-state index contributed by atoms with van der Waals surface area (Å²) in [5.41, 5.74) is 2.77. The lowest BCUT2D eigenvalue weighted by molar-refractivity contribution is 0.268. The summed E-state index contributed by atoms with van der Waals surface area (Å²) in [6.07, 6.45) is 4.76. The maximum absolute atomic E-state index is 5.31. The van der Waals surface area contributed by atoms with Crippen LogP contribution in [0.2, 0.25) is 0 Å². The molecule has 0 spiro atoms. The van der Waals surface area contributed by atoms with Crippen LogP contribution >= 0.6 is 0 Å². The summed E-state index contributed by atoms with van der Waals surface area (Å²) in [7, 11) is 8.13. The van der Waals surface area contributed by atoms with Crippen LogP contribution in [-0.2, 0) is 12.8 Å². The van der Waals surface area contributed by atoms with E-state index in [4.69, 9.17) is 4.74 Å². The zero-order valence-corrected chi connectivity index (χ0v) is 23.8.